The highest BCUT2D eigenvalue weighted by Crippen LogP contribution is 2.30. The molecule has 1 heterocycles. The Kier molecular flexibility index (Phi) is 4.00. The standard InChI is InChI=1S/C12H11NO3S2/c14-12(9-3-1-8(6-17)2-4-9)10-5-11(13(15)16)18-7-10/h1-5,7,12,14,17H,6H2. The average Bonchev–Trinajstić information content (AvgIpc) is 2.88. The zero-order valence-corrected chi connectivity index (χ0v) is 11.0. The summed E-state index contributed by atoms with van der Waals surface area (Å²) >= 11 is 5.17. The van der Waals surface area contributed by atoms with Gasteiger partial charge in [-0.15, -0.1) is 0 Å². The van der Waals surface area contributed by atoms with E-state index in [1.165, 1.54) is 6.07 Å². The van der Waals surface area contributed by atoms with Crippen LogP contribution in [0.1, 0.15) is 22.8 Å². The maximum absolute atomic E-state index is 10.6. The smallest absolute Gasteiger partial charge is 0.324 e. The number of nitro groups is 1. The zero-order valence-electron chi connectivity index (χ0n) is 9.31. The predicted octanol–water partition coefficient (Wildman–Crippen LogP) is 3.17. The summed E-state index contributed by atoms with van der Waals surface area (Å²) in [7, 11) is 0. The summed E-state index contributed by atoms with van der Waals surface area (Å²) in [4.78, 5) is 10.1. The Labute approximate surface area is 113 Å². The molecule has 0 bridgehead atoms. The second-order valence-electron chi connectivity index (χ2n) is 3.78. The van der Waals surface area contributed by atoms with Crippen LogP contribution in [0.15, 0.2) is 35.7 Å². The second kappa shape index (κ2) is 5.51. The van der Waals surface area contributed by atoms with Crippen molar-refractivity contribution in [3.63, 3.8) is 0 Å². The first-order valence-electron chi connectivity index (χ1n) is 5.22. The van der Waals surface area contributed by atoms with Gasteiger partial charge in [0.05, 0.1) is 4.92 Å². The lowest BCUT2D eigenvalue weighted by atomic mass is 10.0. The zero-order chi connectivity index (χ0) is 13.1. The largest absolute Gasteiger partial charge is 0.384 e. The Morgan fingerprint density at radius 2 is 2.00 bits per heavy atom. The van der Waals surface area contributed by atoms with E-state index in [1.807, 2.05) is 12.1 Å². The molecule has 0 aliphatic rings. The van der Waals surface area contributed by atoms with Crippen LogP contribution >= 0.6 is 24.0 Å². The summed E-state index contributed by atoms with van der Waals surface area (Å²) in [5.74, 6) is 0.639. The van der Waals surface area contributed by atoms with Gasteiger partial charge in [0.1, 0.15) is 6.10 Å². The molecule has 1 unspecified atom stereocenters. The molecule has 1 aromatic heterocycles. The monoisotopic (exact) mass is 281 g/mol. The summed E-state index contributed by atoms with van der Waals surface area (Å²) in [5, 5.41) is 22.3. The molecule has 1 aromatic carbocycles. The summed E-state index contributed by atoms with van der Waals surface area (Å²) in [6, 6.07) is 8.78. The fourth-order valence-corrected chi connectivity index (χ4v) is 2.53. The third-order valence-corrected chi connectivity index (χ3v) is 3.84. The SMILES string of the molecule is O=[N+]([O-])c1cc(C(O)c2ccc(CS)cc2)cs1. The molecular weight excluding hydrogens is 270 g/mol. The van der Waals surface area contributed by atoms with Crippen LogP contribution < -0.4 is 0 Å². The highest BCUT2D eigenvalue weighted by Gasteiger charge is 2.16. The van der Waals surface area contributed by atoms with Crippen molar-refractivity contribution in [3.8, 4) is 0 Å². The van der Waals surface area contributed by atoms with E-state index in [0.29, 0.717) is 16.9 Å². The molecule has 18 heavy (non-hydrogen) atoms. The maximum Gasteiger partial charge on any atom is 0.324 e. The number of hydrogen-bond donors (Lipinski definition) is 2. The van der Waals surface area contributed by atoms with Crippen LogP contribution in [0.3, 0.4) is 0 Å². The molecular formula is C12H11NO3S2. The molecule has 0 fully saturated rings. The fraction of sp³-hybridized carbons (Fsp3) is 0.167. The molecule has 0 aliphatic heterocycles. The lowest BCUT2D eigenvalue weighted by Crippen LogP contribution is -1.98. The Morgan fingerprint density at radius 3 is 2.50 bits per heavy atom. The van der Waals surface area contributed by atoms with E-state index in [9.17, 15) is 15.2 Å². The third-order valence-electron chi connectivity index (χ3n) is 2.58. The van der Waals surface area contributed by atoms with Crippen molar-refractivity contribution in [3.05, 3.63) is 62.5 Å². The van der Waals surface area contributed by atoms with Gasteiger partial charge in [-0.25, -0.2) is 0 Å². The van der Waals surface area contributed by atoms with Crippen LogP contribution in [0, 0.1) is 10.1 Å². The lowest BCUT2D eigenvalue weighted by molar-refractivity contribution is -0.380. The van der Waals surface area contributed by atoms with Gasteiger partial charge in [0, 0.05) is 22.8 Å². The van der Waals surface area contributed by atoms with Crippen LogP contribution in [0.2, 0.25) is 0 Å². The van der Waals surface area contributed by atoms with E-state index in [0.717, 1.165) is 16.9 Å². The minimum absolute atomic E-state index is 0.0380. The van der Waals surface area contributed by atoms with Crippen LogP contribution in [0.25, 0.3) is 0 Å². The molecule has 0 spiro atoms. The van der Waals surface area contributed by atoms with Crippen molar-refractivity contribution in [2.45, 2.75) is 11.9 Å². The van der Waals surface area contributed by atoms with Gasteiger partial charge >= 0.3 is 5.00 Å². The topological polar surface area (TPSA) is 63.4 Å². The van der Waals surface area contributed by atoms with Gasteiger partial charge in [-0.2, -0.15) is 12.6 Å². The predicted molar refractivity (Wildman–Crippen MR) is 74.2 cm³/mol. The van der Waals surface area contributed by atoms with Crippen LogP contribution in [-0.4, -0.2) is 10.0 Å². The average molecular weight is 281 g/mol. The van der Waals surface area contributed by atoms with Crippen molar-refractivity contribution < 1.29 is 10.0 Å². The van der Waals surface area contributed by atoms with Crippen LogP contribution in [0.5, 0.6) is 0 Å². The number of benzene rings is 1. The number of thiol groups is 1. The highest BCUT2D eigenvalue weighted by molar-refractivity contribution is 7.79. The number of rotatable bonds is 4. The molecule has 1 N–H and O–H groups in total. The quantitative estimate of drug-likeness (QED) is 0.514. The number of hydrogen-bond acceptors (Lipinski definition) is 5. The minimum atomic E-state index is -0.830. The van der Waals surface area contributed by atoms with Gasteiger partial charge in [0.2, 0.25) is 0 Å². The first kappa shape index (κ1) is 13.1. The Balaban J connectivity index is 2.23. The molecule has 0 amide bonds. The van der Waals surface area contributed by atoms with Crippen molar-refractivity contribution in [1.82, 2.24) is 0 Å². The summed E-state index contributed by atoms with van der Waals surface area (Å²) in [5.41, 5.74) is 2.32. The van der Waals surface area contributed by atoms with Crippen molar-refractivity contribution in [1.29, 1.82) is 0 Å². The Bertz CT molecular complexity index is 551. The van der Waals surface area contributed by atoms with Gasteiger partial charge < -0.3 is 5.11 Å². The second-order valence-corrected chi connectivity index (χ2v) is 4.98. The third kappa shape index (κ3) is 2.72. The summed E-state index contributed by atoms with van der Waals surface area (Å²) in [6.45, 7) is 0. The molecule has 6 heteroatoms. The van der Waals surface area contributed by atoms with E-state index < -0.39 is 11.0 Å². The maximum atomic E-state index is 10.6. The van der Waals surface area contributed by atoms with E-state index in [-0.39, 0.29) is 5.00 Å². The van der Waals surface area contributed by atoms with Gasteiger partial charge in [-0.3, -0.25) is 10.1 Å². The molecule has 1 atom stereocenters. The van der Waals surface area contributed by atoms with E-state index >= 15 is 0 Å². The first-order chi connectivity index (χ1) is 8.61. The number of nitrogens with zero attached hydrogens (tertiary/aromatic N) is 1. The van der Waals surface area contributed by atoms with E-state index in [4.69, 9.17) is 0 Å². The molecule has 0 saturated heterocycles. The van der Waals surface area contributed by atoms with Crippen molar-refractivity contribution >= 4 is 29.0 Å². The summed E-state index contributed by atoms with van der Waals surface area (Å²) in [6.07, 6.45) is -0.830. The fourth-order valence-electron chi connectivity index (χ4n) is 1.58. The Morgan fingerprint density at radius 1 is 1.33 bits per heavy atom. The summed E-state index contributed by atoms with van der Waals surface area (Å²) < 4.78 is 0. The number of aliphatic hydroxyl groups is 1. The molecule has 0 radical (unpaired) electrons. The molecule has 2 aromatic rings. The highest BCUT2D eigenvalue weighted by atomic mass is 32.1. The van der Waals surface area contributed by atoms with Crippen molar-refractivity contribution in [2.75, 3.05) is 0 Å². The van der Waals surface area contributed by atoms with Gasteiger partial charge in [-0.05, 0) is 11.1 Å². The van der Waals surface area contributed by atoms with Gasteiger partial charge in [0.25, 0.3) is 0 Å². The van der Waals surface area contributed by atoms with Crippen molar-refractivity contribution in [2.24, 2.45) is 0 Å². The molecule has 0 aliphatic carbocycles. The first-order valence-corrected chi connectivity index (χ1v) is 6.73. The minimum Gasteiger partial charge on any atom is -0.384 e. The number of thiophene rings is 1. The molecule has 0 saturated carbocycles. The van der Waals surface area contributed by atoms with Crippen LogP contribution in [0.4, 0.5) is 5.00 Å². The van der Waals surface area contributed by atoms with E-state index in [1.54, 1.807) is 17.5 Å². The lowest BCUT2D eigenvalue weighted by Gasteiger charge is -2.09. The molecule has 2 rings (SSSR count). The normalized spacial score (nSPS) is 12.3. The Hall–Kier alpha value is -1.37. The van der Waals surface area contributed by atoms with Crippen LogP contribution in [-0.2, 0) is 5.75 Å². The number of aliphatic hydroxyl groups excluding tert-OH is 1. The van der Waals surface area contributed by atoms with Gasteiger partial charge in [-0.1, -0.05) is 35.6 Å². The van der Waals surface area contributed by atoms with E-state index in [2.05, 4.69) is 12.6 Å². The molecule has 4 nitrogen and oxygen atoms in total. The van der Waals surface area contributed by atoms with Gasteiger partial charge in [0.15, 0.2) is 0 Å². The molecule has 94 valence electrons.